The van der Waals surface area contributed by atoms with Crippen molar-refractivity contribution >= 4 is 17.3 Å². The van der Waals surface area contributed by atoms with Crippen LogP contribution >= 0.6 is 0 Å². The second-order valence-electron chi connectivity index (χ2n) is 2.86. The monoisotopic (exact) mass is 170 g/mol. The third kappa shape index (κ3) is 5.77. The average molecular weight is 170 g/mol. The zero-order valence-electron chi connectivity index (χ0n) is 7.55. The number of hydrogen-bond acceptors (Lipinski definition) is 3. The lowest BCUT2D eigenvalue weighted by atomic mass is 10.3. The standard InChI is InChI=1S/C5H8O.C4H6O2/c6-5-3-1-2-4-5;1-3(5)4(2)6/h1-4H2;1-2H3. The summed E-state index contributed by atoms with van der Waals surface area (Å²) in [5.41, 5.74) is 0. The summed E-state index contributed by atoms with van der Waals surface area (Å²) in [6, 6.07) is 0. The molecule has 0 heterocycles. The van der Waals surface area contributed by atoms with E-state index in [1.165, 1.54) is 13.8 Å². The van der Waals surface area contributed by atoms with Gasteiger partial charge in [0.25, 0.3) is 0 Å². The Morgan fingerprint density at radius 1 is 1.00 bits per heavy atom. The van der Waals surface area contributed by atoms with Crippen molar-refractivity contribution in [2.24, 2.45) is 0 Å². The number of hydrogen-bond donors (Lipinski definition) is 0. The van der Waals surface area contributed by atoms with Crippen LogP contribution in [0.5, 0.6) is 0 Å². The van der Waals surface area contributed by atoms with Gasteiger partial charge < -0.3 is 0 Å². The van der Waals surface area contributed by atoms with Crippen LogP contribution in [0.4, 0.5) is 0 Å². The van der Waals surface area contributed by atoms with Gasteiger partial charge in [0.05, 0.1) is 0 Å². The van der Waals surface area contributed by atoms with E-state index in [2.05, 4.69) is 0 Å². The second kappa shape index (κ2) is 5.63. The molecule has 0 N–H and O–H groups in total. The number of rotatable bonds is 1. The highest BCUT2D eigenvalue weighted by atomic mass is 16.2. The van der Waals surface area contributed by atoms with Crippen molar-refractivity contribution in [2.75, 3.05) is 0 Å². The summed E-state index contributed by atoms with van der Waals surface area (Å²) < 4.78 is 0. The highest BCUT2D eigenvalue weighted by Gasteiger charge is 2.07. The van der Waals surface area contributed by atoms with Gasteiger partial charge in [0, 0.05) is 26.7 Å². The Morgan fingerprint density at radius 3 is 1.42 bits per heavy atom. The molecule has 1 aliphatic carbocycles. The Labute approximate surface area is 72.1 Å². The van der Waals surface area contributed by atoms with E-state index in [0.29, 0.717) is 5.78 Å². The Bertz CT molecular complexity index is 174. The molecule has 1 aliphatic rings. The SMILES string of the molecule is CC(=O)C(C)=O.O=C1CCCC1. The Morgan fingerprint density at radius 2 is 1.33 bits per heavy atom. The molecule has 0 bridgehead atoms. The molecule has 0 unspecified atom stereocenters. The summed E-state index contributed by atoms with van der Waals surface area (Å²) >= 11 is 0. The quantitative estimate of drug-likeness (QED) is 0.557. The van der Waals surface area contributed by atoms with E-state index in [0.717, 1.165) is 25.7 Å². The highest BCUT2D eigenvalue weighted by molar-refractivity contribution is 6.35. The summed E-state index contributed by atoms with van der Waals surface area (Å²) in [4.78, 5) is 29.8. The zero-order valence-corrected chi connectivity index (χ0v) is 7.55. The van der Waals surface area contributed by atoms with E-state index in [4.69, 9.17) is 0 Å². The maximum Gasteiger partial charge on any atom is 0.195 e. The third-order valence-corrected chi connectivity index (χ3v) is 1.66. The molecular weight excluding hydrogens is 156 g/mol. The number of carbonyl (C=O) groups is 3. The first-order valence-electron chi connectivity index (χ1n) is 4.07. The van der Waals surface area contributed by atoms with E-state index >= 15 is 0 Å². The minimum absolute atomic E-state index is 0.380. The maximum absolute atomic E-state index is 10.2. The van der Waals surface area contributed by atoms with Crippen LogP contribution in [0.1, 0.15) is 39.5 Å². The molecule has 3 heteroatoms. The third-order valence-electron chi connectivity index (χ3n) is 1.66. The minimum atomic E-state index is -0.380. The molecule has 0 amide bonds. The maximum atomic E-state index is 10.2. The van der Waals surface area contributed by atoms with Gasteiger partial charge in [-0.15, -0.1) is 0 Å². The summed E-state index contributed by atoms with van der Waals surface area (Å²) in [5.74, 6) is -0.306. The van der Waals surface area contributed by atoms with Gasteiger partial charge in [0.15, 0.2) is 11.6 Å². The van der Waals surface area contributed by atoms with Gasteiger partial charge in [-0.3, -0.25) is 14.4 Å². The van der Waals surface area contributed by atoms with E-state index in [1.807, 2.05) is 0 Å². The van der Waals surface area contributed by atoms with Gasteiger partial charge in [0.1, 0.15) is 5.78 Å². The zero-order chi connectivity index (χ0) is 9.56. The van der Waals surface area contributed by atoms with Crippen LogP contribution in [0.25, 0.3) is 0 Å². The van der Waals surface area contributed by atoms with Crippen LogP contribution < -0.4 is 0 Å². The normalized spacial score (nSPS) is 15.0. The molecular formula is C9H14O3. The van der Waals surface area contributed by atoms with Crippen LogP contribution in [0, 0.1) is 0 Å². The topological polar surface area (TPSA) is 51.2 Å². The molecule has 0 aromatic carbocycles. The fourth-order valence-corrected chi connectivity index (χ4v) is 0.769. The number of carbonyl (C=O) groups excluding carboxylic acids is 3. The summed E-state index contributed by atoms with van der Waals surface area (Å²) in [5, 5.41) is 0. The van der Waals surface area contributed by atoms with Gasteiger partial charge >= 0.3 is 0 Å². The predicted molar refractivity (Wildman–Crippen MR) is 44.8 cm³/mol. The Hall–Kier alpha value is -0.990. The van der Waals surface area contributed by atoms with Crippen molar-refractivity contribution in [3.63, 3.8) is 0 Å². The summed E-state index contributed by atoms with van der Waals surface area (Å²) in [6.07, 6.45) is 3.97. The smallest absolute Gasteiger partial charge is 0.195 e. The largest absolute Gasteiger partial charge is 0.300 e. The van der Waals surface area contributed by atoms with Crippen molar-refractivity contribution in [3.05, 3.63) is 0 Å². The van der Waals surface area contributed by atoms with Gasteiger partial charge in [-0.05, 0) is 12.8 Å². The molecule has 0 atom stereocenters. The average Bonchev–Trinajstić information content (AvgIpc) is 2.40. The lowest BCUT2D eigenvalue weighted by Crippen LogP contribution is -2.01. The lowest BCUT2D eigenvalue weighted by Gasteiger charge is -1.73. The Balaban J connectivity index is 0.000000202. The summed E-state index contributed by atoms with van der Waals surface area (Å²) in [6.45, 7) is 2.50. The fourth-order valence-electron chi connectivity index (χ4n) is 0.769. The molecule has 0 radical (unpaired) electrons. The molecule has 0 aliphatic heterocycles. The molecule has 0 spiro atoms. The predicted octanol–water partition coefficient (Wildman–Crippen LogP) is 1.29. The fraction of sp³-hybridized carbons (Fsp3) is 0.667. The van der Waals surface area contributed by atoms with Crippen molar-refractivity contribution < 1.29 is 14.4 Å². The van der Waals surface area contributed by atoms with Crippen LogP contribution in [0.3, 0.4) is 0 Å². The van der Waals surface area contributed by atoms with Crippen molar-refractivity contribution in [2.45, 2.75) is 39.5 Å². The van der Waals surface area contributed by atoms with Gasteiger partial charge in [0.2, 0.25) is 0 Å². The molecule has 1 fully saturated rings. The summed E-state index contributed by atoms with van der Waals surface area (Å²) in [7, 11) is 0. The molecule has 68 valence electrons. The van der Waals surface area contributed by atoms with Crippen LogP contribution in [-0.4, -0.2) is 17.3 Å². The molecule has 0 aromatic heterocycles. The van der Waals surface area contributed by atoms with E-state index in [1.54, 1.807) is 0 Å². The number of ketones is 3. The van der Waals surface area contributed by atoms with Gasteiger partial charge in [-0.2, -0.15) is 0 Å². The lowest BCUT2D eigenvalue weighted by molar-refractivity contribution is -0.134. The molecule has 0 saturated heterocycles. The highest BCUT2D eigenvalue weighted by Crippen LogP contribution is 2.11. The van der Waals surface area contributed by atoms with E-state index < -0.39 is 0 Å². The van der Waals surface area contributed by atoms with E-state index in [-0.39, 0.29) is 11.6 Å². The van der Waals surface area contributed by atoms with Gasteiger partial charge in [-0.1, -0.05) is 0 Å². The van der Waals surface area contributed by atoms with Crippen LogP contribution in [0.2, 0.25) is 0 Å². The van der Waals surface area contributed by atoms with Crippen molar-refractivity contribution in [3.8, 4) is 0 Å². The second-order valence-corrected chi connectivity index (χ2v) is 2.86. The van der Waals surface area contributed by atoms with Crippen molar-refractivity contribution in [1.29, 1.82) is 0 Å². The van der Waals surface area contributed by atoms with Crippen molar-refractivity contribution in [1.82, 2.24) is 0 Å². The first-order chi connectivity index (χ1) is 5.54. The van der Waals surface area contributed by atoms with Crippen LogP contribution in [-0.2, 0) is 14.4 Å². The minimum Gasteiger partial charge on any atom is -0.300 e. The van der Waals surface area contributed by atoms with Crippen LogP contribution in [0.15, 0.2) is 0 Å². The van der Waals surface area contributed by atoms with Gasteiger partial charge in [-0.25, -0.2) is 0 Å². The molecule has 1 saturated carbocycles. The first kappa shape index (κ1) is 11.0. The molecule has 3 nitrogen and oxygen atoms in total. The number of Topliss-reactive ketones (excluding diaryl/α,β-unsaturated/α-hetero) is 3. The molecule has 12 heavy (non-hydrogen) atoms. The molecule has 1 rings (SSSR count). The van der Waals surface area contributed by atoms with E-state index in [9.17, 15) is 14.4 Å². The Kier molecular flexibility index (Phi) is 5.17. The first-order valence-corrected chi connectivity index (χ1v) is 4.07. The molecule has 0 aromatic rings.